The first-order valence-electron chi connectivity index (χ1n) is 6.06. The van der Waals surface area contributed by atoms with Crippen molar-refractivity contribution in [2.45, 2.75) is 4.90 Å². The maximum Gasteiger partial charge on any atom is 0.216 e. The van der Waals surface area contributed by atoms with E-state index in [1.54, 1.807) is 6.07 Å². The Morgan fingerprint density at radius 1 is 1.17 bits per heavy atom. The van der Waals surface area contributed by atoms with E-state index < -0.39 is 14.7 Å². The highest BCUT2D eigenvalue weighted by molar-refractivity contribution is 9.11. The number of benzene rings is 2. The molecule has 0 radical (unpaired) electrons. The van der Waals surface area contributed by atoms with Crippen LogP contribution in [0.4, 0.5) is 0 Å². The topological polar surface area (TPSA) is 78.2 Å². The van der Waals surface area contributed by atoms with Gasteiger partial charge in [0, 0.05) is 5.02 Å². The lowest BCUT2D eigenvalue weighted by molar-refractivity contribution is 0.468. The molecule has 23 heavy (non-hydrogen) atoms. The predicted molar refractivity (Wildman–Crippen MR) is 95.7 cm³/mol. The summed E-state index contributed by atoms with van der Waals surface area (Å²) in [6.45, 7) is 0. The third-order valence-electron chi connectivity index (χ3n) is 2.86. The molecular weight excluding hydrogens is 469 g/mol. The first-order chi connectivity index (χ1) is 10.8. The first-order valence-corrected chi connectivity index (χ1v) is 9.51. The van der Waals surface area contributed by atoms with E-state index in [0.29, 0.717) is 19.5 Å². The van der Waals surface area contributed by atoms with Gasteiger partial charge in [0.1, 0.15) is 16.7 Å². The van der Waals surface area contributed by atoms with E-state index >= 15 is 0 Å². The smallest absolute Gasteiger partial charge is 0.216 e. The van der Waals surface area contributed by atoms with Crippen LogP contribution in [0.5, 0.6) is 5.75 Å². The molecule has 0 aliphatic carbocycles. The van der Waals surface area contributed by atoms with E-state index in [1.165, 1.54) is 42.5 Å². The number of rotatable bonds is 3. The van der Waals surface area contributed by atoms with Crippen molar-refractivity contribution in [2.75, 3.05) is 0 Å². The van der Waals surface area contributed by atoms with Crippen molar-refractivity contribution < 1.29 is 13.5 Å². The van der Waals surface area contributed by atoms with Gasteiger partial charge in [0.05, 0.1) is 13.8 Å². The van der Waals surface area contributed by atoms with Crippen LogP contribution >= 0.6 is 43.5 Å². The molecule has 0 atom stereocenters. The van der Waals surface area contributed by atoms with Crippen molar-refractivity contribution in [1.29, 1.82) is 5.26 Å². The summed E-state index contributed by atoms with van der Waals surface area (Å²) in [4.78, 5) is -0.434. The zero-order valence-corrected chi connectivity index (χ0v) is 16.0. The average molecular weight is 478 g/mol. The fraction of sp³-hybridized carbons (Fsp3) is 0. The van der Waals surface area contributed by atoms with Gasteiger partial charge in [0.2, 0.25) is 9.84 Å². The van der Waals surface area contributed by atoms with E-state index in [9.17, 15) is 18.8 Å². The summed E-state index contributed by atoms with van der Waals surface area (Å²) >= 11 is 12.1. The summed E-state index contributed by atoms with van der Waals surface area (Å²) in [7, 11) is -3.95. The number of allylic oxidation sites excluding steroid dienone is 1. The molecule has 2 rings (SSSR count). The van der Waals surface area contributed by atoms with Gasteiger partial charge in [-0.25, -0.2) is 8.42 Å². The SMILES string of the molecule is N#C/C(=C/c1cc(Br)c(O)c(Br)c1)S(=O)(=O)c1ccc(Cl)cc1. The van der Waals surface area contributed by atoms with Crippen LogP contribution in [0.25, 0.3) is 6.08 Å². The van der Waals surface area contributed by atoms with Crippen molar-refractivity contribution in [1.82, 2.24) is 0 Å². The molecule has 0 aromatic heterocycles. The minimum absolute atomic E-state index is 0.0128. The Morgan fingerprint density at radius 2 is 1.70 bits per heavy atom. The number of sulfone groups is 1. The average Bonchev–Trinajstić information content (AvgIpc) is 2.50. The second-order valence-electron chi connectivity index (χ2n) is 4.41. The van der Waals surface area contributed by atoms with E-state index in [4.69, 9.17) is 11.6 Å². The summed E-state index contributed by atoms with van der Waals surface area (Å²) in [6, 6.07) is 10.3. The molecule has 0 unspecified atom stereocenters. The molecule has 0 heterocycles. The molecule has 0 saturated heterocycles. The molecule has 8 heteroatoms. The van der Waals surface area contributed by atoms with Crippen LogP contribution in [-0.4, -0.2) is 13.5 Å². The summed E-state index contributed by atoms with van der Waals surface area (Å²) in [5, 5.41) is 19.3. The first kappa shape index (κ1) is 18.0. The Bertz CT molecular complexity index is 909. The molecule has 4 nitrogen and oxygen atoms in total. The van der Waals surface area contributed by atoms with Crippen LogP contribution in [0, 0.1) is 11.3 Å². The van der Waals surface area contributed by atoms with E-state index in [1.807, 2.05) is 0 Å². The second kappa shape index (κ2) is 7.05. The number of phenolic OH excluding ortho intramolecular Hbond substituents is 1. The number of halogens is 3. The number of nitriles is 1. The van der Waals surface area contributed by atoms with Crippen LogP contribution < -0.4 is 0 Å². The van der Waals surface area contributed by atoms with E-state index in [2.05, 4.69) is 31.9 Å². The normalized spacial score (nSPS) is 12.0. The largest absolute Gasteiger partial charge is 0.506 e. The monoisotopic (exact) mass is 475 g/mol. The lowest BCUT2D eigenvalue weighted by atomic mass is 10.2. The lowest BCUT2D eigenvalue weighted by Gasteiger charge is -2.05. The summed E-state index contributed by atoms with van der Waals surface area (Å²) in [5.41, 5.74) is 0.440. The van der Waals surface area contributed by atoms with Gasteiger partial charge in [-0.15, -0.1) is 0 Å². The fourth-order valence-corrected chi connectivity index (χ4v) is 4.24. The maximum atomic E-state index is 12.5. The van der Waals surface area contributed by atoms with Gasteiger partial charge in [-0.1, -0.05) is 11.6 Å². The van der Waals surface area contributed by atoms with Crippen molar-refractivity contribution in [3.8, 4) is 11.8 Å². The predicted octanol–water partition coefficient (Wildman–Crippen LogP) is 4.91. The van der Waals surface area contributed by atoms with Crippen LogP contribution in [0.1, 0.15) is 5.56 Å². The zero-order chi connectivity index (χ0) is 17.2. The van der Waals surface area contributed by atoms with Crippen LogP contribution in [0.2, 0.25) is 5.02 Å². The molecule has 0 aliphatic heterocycles. The molecular formula is C15H8Br2ClNO3S. The van der Waals surface area contributed by atoms with Gasteiger partial charge < -0.3 is 5.11 Å². The molecule has 1 N–H and O–H groups in total. The van der Waals surface area contributed by atoms with Crippen molar-refractivity contribution in [2.24, 2.45) is 0 Å². The molecule has 0 saturated carbocycles. The highest BCUT2D eigenvalue weighted by Crippen LogP contribution is 2.34. The van der Waals surface area contributed by atoms with Crippen molar-refractivity contribution in [3.05, 3.63) is 60.8 Å². The molecule has 0 fully saturated rings. The summed E-state index contributed by atoms with van der Waals surface area (Å²) in [6.07, 6.45) is 1.24. The molecule has 2 aromatic rings. The Labute approximate surface area is 155 Å². The third-order valence-corrected chi connectivity index (χ3v) is 6.00. The fourth-order valence-electron chi connectivity index (χ4n) is 1.73. The highest BCUT2D eigenvalue weighted by atomic mass is 79.9. The van der Waals surface area contributed by atoms with E-state index in [0.717, 1.165) is 0 Å². The Hall–Kier alpha value is -1.33. The minimum Gasteiger partial charge on any atom is -0.506 e. The molecule has 0 amide bonds. The molecule has 0 bridgehead atoms. The number of nitrogens with zero attached hydrogens (tertiary/aromatic N) is 1. The van der Waals surface area contributed by atoms with Crippen LogP contribution in [0.15, 0.2) is 55.1 Å². The van der Waals surface area contributed by atoms with Gasteiger partial charge in [-0.2, -0.15) is 5.26 Å². The number of hydrogen-bond donors (Lipinski definition) is 1. The van der Waals surface area contributed by atoms with Crippen LogP contribution in [0.3, 0.4) is 0 Å². The quantitative estimate of drug-likeness (QED) is 0.638. The highest BCUT2D eigenvalue weighted by Gasteiger charge is 2.21. The number of phenols is 1. The summed E-state index contributed by atoms with van der Waals surface area (Å²) in [5.74, 6) is -0.0128. The van der Waals surface area contributed by atoms with Crippen molar-refractivity contribution >= 4 is 59.4 Å². The van der Waals surface area contributed by atoms with Gasteiger partial charge in [0.25, 0.3) is 0 Å². The second-order valence-corrected chi connectivity index (χ2v) is 8.47. The Balaban J connectivity index is 2.55. The Morgan fingerprint density at radius 3 is 2.17 bits per heavy atom. The number of hydrogen-bond acceptors (Lipinski definition) is 4. The standard InChI is InChI=1S/C15H8Br2ClNO3S/c16-13-6-9(7-14(17)15(13)20)5-12(8-19)23(21,22)11-3-1-10(18)2-4-11/h1-7,20H/b12-5-. The van der Waals surface area contributed by atoms with Gasteiger partial charge in [-0.05, 0) is 79.9 Å². The zero-order valence-electron chi connectivity index (χ0n) is 11.3. The van der Waals surface area contributed by atoms with E-state index in [-0.39, 0.29) is 10.6 Å². The van der Waals surface area contributed by atoms with Gasteiger partial charge >= 0.3 is 0 Å². The van der Waals surface area contributed by atoms with Gasteiger partial charge in [0.15, 0.2) is 0 Å². The molecule has 118 valence electrons. The maximum absolute atomic E-state index is 12.5. The summed E-state index contributed by atoms with van der Waals surface area (Å²) < 4.78 is 25.8. The number of aromatic hydroxyl groups is 1. The Kier molecular flexibility index (Phi) is 5.53. The van der Waals surface area contributed by atoms with Gasteiger partial charge in [-0.3, -0.25) is 0 Å². The molecule has 2 aromatic carbocycles. The van der Waals surface area contributed by atoms with Crippen molar-refractivity contribution in [3.63, 3.8) is 0 Å². The lowest BCUT2D eigenvalue weighted by Crippen LogP contribution is -2.03. The molecule has 0 aliphatic rings. The minimum atomic E-state index is -3.95. The van der Waals surface area contributed by atoms with Crippen LogP contribution in [-0.2, 0) is 9.84 Å². The molecule has 0 spiro atoms. The third kappa shape index (κ3) is 3.96.